The lowest BCUT2D eigenvalue weighted by Crippen LogP contribution is -2.05. The lowest BCUT2D eigenvalue weighted by molar-refractivity contribution is 0.104. The van der Waals surface area contributed by atoms with E-state index in [-0.39, 0.29) is 11.5 Å². The second kappa shape index (κ2) is 5.25. The molecule has 2 aromatic heterocycles. The highest BCUT2D eigenvalue weighted by molar-refractivity contribution is 6.16. The van der Waals surface area contributed by atoms with Gasteiger partial charge in [-0.2, -0.15) is 5.26 Å². The molecule has 24 heavy (non-hydrogen) atoms. The molecule has 4 aromatic rings. The number of hydrogen-bond donors (Lipinski definition) is 1. The second-order valence-corrected chi connectivity index (χ2v) is 5.56. The van der Waals surface area contributed by atoms with Crippen molar-refractivity contribution in [1.82, 2.24) is 4.40 Å². The topological polar surface area (TPSA) is 65.5 Å². The highest BCUT2D eigenvalue weighted by Crippen LogP contribution is 2.30. The van der Waals surface area contributed by atoms with Gasteiger partial charge in [-0.15, -0.1) is 0 Å². The molecule has 4 heteroatoms. The number of aromatic hydroxyl groups is 1. The maximum atomic E-state index is 13.0. The highest BCUT2D eigenvalue weighted by atomic mass is 16.3. The lowest BCUT2D eigenvalue weighted by Gasteiger charge is -2.11. The number of pyridine rings is 1. The Hall–Kier alpha value is -3.58. The Labute approximate surface area is 137 Å². The normalized spacial score (nSPS) is 10.8. The van der Waals surface area contributed by atoms with Crippen molar-refractivity contribution in [3.8, 4) is 11.8 Å². The minimum Gasteiger partial charge on any atom is -0.506 e. The fourth-order valence-corrected chi connectivity index (χ4v) is 3.02. The highest BCUT2D eigenvalue weighted by Gasteiger charge is 2.17. The van der Waals surface area contributed by atoms with Gasteiger partial charge in [0, 0.05) is 22.7 Å². The minimum atomic E-state index is -0.154. The molecule has 2 heterocycles. The van der Waals surface area contributed by atoms with E-state index in [0.29, 0.717) is 33.1 Å². The Morgan fingerprint density at radius 1 is 1.04 bits per heavy atom. The van der Waals surface area contributed by atoms with Crippen molar-refractivity contribution in [1.29, 1.82) is 5.26 Å². The molecule has 0 atom stereocenters. The van der Waals surface area contributed by atoms with E-state index in [2.05, 4.69) is 6.07 Å². The molecule has 0 unspecified atom stereocenters. The Morgan fingerprint density at radius 2 is 1.83 bits per heavy atom. The van der Waals surface area contributed by atoms with Crippen LogP contribution < -0.4 is 0 Å². The molecule has 2 aromatic carbocycles. The van der Waals surface area contributed by atoms with Gasteiger partial charge in [-0.25, -0.2) is 0 Å². The largest absolute Gasteiger partial charge is 0.506 e. The number of hydrogen-bond acceptors (Lipinski definition) is 3. The summed E-state index contributed by atoms with van der Waals surface area (Å²) in [6.45, 7) is 0. The number of carbonyl (C=O) groups is 1. The molecule has 0 spiro atoms. The van der Waals surface area contributed by atoms with Crippen LogP contribution in [0.15, 0.2) is 66.9 Å². The summed E-state index contributed by atoms with van der Waals surface area (Å²) in [5.74, 6) is -0.0425. The Morgan fingerprint density at radius 3 is 2.58 bits per heavy atom. The molecule has 0 saturated heterocycles. The third-order valence-electron chi connectivity index (χ3n) is 4.09. The van der Waals surface area contributed by atoms with Crippen molar-refractivity contribution >= 4 is 22.2 Å². The average Bonchev–Trinajstić information content (AvgIpc) is 3.11. The van der Waals surface area contributed by atoms with Gasteiger partial charge in [0.2, 0.25) is 0 Å². The molecule has 0 saturated carbocycles. The molecule has 4 rings (SSSR count). The summed E-state index contributed by atoms with van der Waals surface area (Å²) < 4.78 is 1.78. The van der Waals surface area contributed by atoms with Crippen molar-refractivity contribution in [2.24, 2.45) is 0 Å². The number of ketones is 1. The number of nitriles is 1. The van der Waals surface area contributed by atoms with Gasteiger partial charge in [0.25, 0.3) is 0 Å². The molecule has 4 nitrogen and oxygen atoms in total. The summed E-state index contributed by atoms with van der Waals surface area (Å²) in [6.07, 6.45) is 1.80. The fraction of sp³-hybridized carbons (Fsp3) is 0. The summed E-state index contributed by atoms with van der Waals surface area (Å²) >= 11 is 0. The van der Waals surface area contributed by atoms with Gasteiger partial charge in [-0.3, -0.25) is 4.79 Å². The zero-order valence-corrected chi connectivity index (χ0v) is 12.6. The summed E-state index contributed by atoms with van der Waals surface area (Å²) in [5, 5.41) is 20.1. The third kappa shape index (κ3) is 2.03. The predicted molar refractivity (Wildman–Crippen MR) is 91.2 cm³/mol. The monoisotopic (exact) mass is 312 g/mol. The zero-order valence-electron chi connectivity index (χ0n) is 12.6. The van der Waals surface area contributed by atoms with Gasteiger partial charge in [0.1, 0.15) is 5.75 Å². The van der Waals surface area contributed by atoms with Crippen LogP contribution in [0.1, 0.15) is 21.5 Å². The van der Waals surface area contributed by atoms with Crippen LogP contribution in [0.25, 0.3) is 16.4 Å². The van der Waals surface area contributed by atoms with Crippen molar-refractivity contribution in [3.63, 3.8) is 0 Å². The summed E-state index contributed by atoms with van der Waals surface area (Å²) in [5.41, 5.74) is 2.68. The van der Waals surface area contributed by atoms with Gasteiger partial charge >= 0.3 is 0 Å². The van der Waals surface area contributed by atoms with Gasteiger partial charge in [-0.1, -0.05) is 30.3 Å². The van der Waals surface area contributed by atoms with E-state index >= 15 is 0 Å². The smallest absolute Gasteiger partial charge is 0.195 e. The van der Waals surface area contributed by atoms with Gasteiger partial charge in [0.15, 0.2) is 5.78 Å². The van der Waals surface area contributed by atoms with Crippen LogP contribution in [0.5, 0.6) is 5.75 Å². The van der Waals surface area contributed by atoms with Crippen molar-refractivity contribution < 1.29 is 9.90 Å². The van der Waals surface area contributed by atoms with Crippen molar-refractivity contribution in [2.45, 2.75) is 0 Å². The van der Waals surface area contributed by atoms with E-state index in [1.54, 1.807) is 59.1 Å². The van der Waals surface area contributed by atoms with Crippen molar-refractivity contribution in [2.75, 3.05) is 0 Å². The van der Waals surface area contributed by atoms with E-state index in [1.165, 1.54) is 0 Å². The number of nitrogens with zero attached hydrogens (tertiary/aromatic N) is 2. The van der Waals surface area contributed by atoms with E-state index < -0.39 is 0 Å². The van der Waals surface area contributed by atoms with E-state index in [9.17, 15) is 15.2 Å². The molecule has 0 aliphatic rings. The van der Waals surface area contributed by atoms with Crippen LogP contribution in [0.4, 0.5) is 0 Å². The van der Waals surface area contributed by atoms with Gasteiger partial charge in [0.05, 0.1) is 22.7 Å². The number of fused-ring (bicyclic) bond motifs is 3. The predicted octanol–water partition coefficient (Wildman–Crippen LogP) is 3.90. The SMILES string of the molecule is N#Cc1cc(C(=O)c2ccccc2)c2c(c1)cc(O)c1cccn12. The minimum absolute atomic E-state index is 0.112. The molecule has 0 radical (unpaired) electrons. The Balaban J connectivity index is 2.12. The number of rotatable bonds is 2. The maximum Gasteiger partial charge on any atom is 0.195 e. The number of aromatic nitrogens is 1. The van der Waals surface area contributed by atoms with Crippen LogP contribution in [0.3, 0.4) is 0 Å². The van der Waals surface area contributed by atoms with Crippen LogP contribution in [0.2, 0.25) is 0 Å². The van der Waals surface area contributed by atoms with Crippen LogP contribution in [-0.2, 0) is 0 Å². The molecule has 0 aliphatic carbocycles. The molecular formula is C20H12N2O2. The second-order valence-electron chi connectivity index (χ2n) is 5.56. The zero-order chi connectivity index (χ0) is 16.7. The van der Waals surface area contributed by atoms with Crippen LogP contribution in [-0.4, -0.2) is 15.3 Å². The standard InChI is InChI=1S/C20H12N2O2/c21-12-13-9-15-11-18(23)17-7-4-8-22(17)19(15)16(10-13)20(24)14-5-2-1-3-6-14/h1-11,23H. The molecular weight excluding hydrogens is 300 g/mol. The quantitative estimate of drug-likeness (QED) is 0.571. The van der Waals surface area contributed by atoms with Gasteiger partial charge in [-0.05, 0) is 30.3 Å². The molecule has 0 fully saturated rings. The fourth-order valence-electron chi connectivity index (χ4n) is 3.02. The third-order valence-corrected chi connectivity index (χ3v) is 4.09. The van der Waals surface area contributed by atoms with E-state index in [4.69, 9.17) is 0 Å². The maximum absolute atomic E-state index is 13.0. The first-order chi connectivity index (χ1) is 11.7. The molecule has 1 N–H and O–H groups in total. The number of carbonyl (C=O) groups excluding carboxylic acids is 1. The summed E-state index contributed by atoms with van der Waals surface area (Å²) in [6, 6.07) is 19.5. The summed E-state index contributed by atoms with van der Waals surface area (Å²) in [4.78, 5) is 13.0. The molecule has 0 bridgehead atoms. The van der Waals surface area contributed by atoms with Crippen LogP contribution >= 0.6 is 0 Å². The first kappa shape index (κ1) is 14.0. The van der Waals surface area contributed by atoms with Crippen molar-refractivity contribution in [3.05, 3.63) is 83.6 Å². The molecule has 0 amide bonds. The average molecular weight is 312 g/mol. The first-order valence-electron chi connectivity index (χ1n) is 7.45. The Kier molecular flexibility index (Phi) is 3.07. The number of benzene rings is 2. The molecule has 114 valence electrons. The van der Waals surface area contributed by atoms with E-state index in [1.807, 2.05) is 12.1 Å². The summed E-state index contributed by atoms with van der Waals surface area (Å²) in [7, 11) is 0. The van der Waals surface area contributed by atoms with E-state index in [0.717, 1.165) is 0 Å². The lowest BCUT2D eigenvalue weighted by atomic mass is 9.97. The van der Waals surface area contributed by atoms with Crippen LogP contribution in [0, 0.1) is 11.3 Å². The molecule has 0 aliphatic heterocycles. The Bertz CT molecular complexity index is 1140. The first-order valence-corrected chi connectivity index (χ1v) is 7.45. The van der Waals surface area contributed by atoms with Gasteiger partial charge < -0.3 is 9.51 Å².